The molecule has 2 atom stereocenters. The largest absolute Gasteiger partial charge is 0.485 e. The van der Waals surface area contributed by atoms with Crippen molar-refractivity contribution in [1.29, 1.82) is 0 Å². The number of hydrogen-bond acceptors (Lipinski definition) is 5. The predicted octanol–water partition coefficient (Wildman–Crippen LogP) is 7.21. The molecule has 5 nitrogen and oxygen atoms in total. The molecule has 1 aliphatic heterocycles. The van der Waals surface area contributed by atoms with Crippen molar-refractivity contribution in [1.82, 2.24) is 19.9 Å². The van der Waals surface area contributed by atoms with E-state index >= 15 is 0 Å². The first-order chi connectivity index (χ1) is 22.3. The van der Waals surface area contributed by atoms with E-state index in [1.165, 1.54) is 5.39 Å². The Labute approximate surface area is 259 Å². The Morgan fingerprint density at radius 3 is 2.04 bits per heavy atom. The maximum absolute atomic E-state index is 6.67. The van der Waals surface area contributed by atoms with Crippen LogP contribution in [0.15, 0.2) is 134 Å². The summed E-state index contributed by atoms with van der Waals surface area (Å²) in [6.07, 6.45) is 6.07. The molecule has 5 heteroatoms. The molecule has 0 bridgehead atoms. The summed E-state index contributed by atoms with van der Waals surface area (Å²) in [4.78, 5) is 19.9. The predicted molar refractivity (Wildman–Crippen MR) is 179 cm³/mol. The molecule has 212 valence electrons. The molecule has 1 aliphatic carbocycles. The monoisotopic (exact) mass is 578 g/mol. The lowest BCUT2D eigenvalue weighted by Crippen LogP contribution is -2.36. The van der Waals surface area contributed by atoms with E-state index < -0.39 is 0 Å². The highest BCUT2D eigenvalue weighted by atomic mass is 16.5. The van der Waals surface area contributed by atoms with Gasteiger partial charge in [0, 0.05) is 34.4 Å². The highest BCUT2D eigenvalue weighted by Crippen LogP contribution is 2.48. The van der Waals surface area contributed by atoms with Crippen molar-refractivity contribution in [2.24, 2.45) is 0 Å². The summed E-state index contributed by atoms with van der Waals surface area (Å²) >= 11 is 0. The van der Waals surface area contributed by atoms with Gasteiger partial charge in [0.05, 0.1) is 5.35 Å². The van der Waals surface area contributed by atoms with Gasteiger partial charge in [-0.05, 0) is 57.5 Å². The summed E-state index contributed by atoms with van der Waals surface area (Å²) in [5, 5.41) is 4.36. The number of pyridine rings is 1. The first kappa shape index (κ1) is 25.5. The molecular weight excluding hydrogens is 552 g/mol. The minimum absolute atomic E-state index is 0.00224. The molecule has 0 fully saturated rings. The minimum atomic E-state index is -0.164. The maximum atomic E-state index is 6.67. The zero-order valence-electron chi connectivity index (χ0n) is 24.2. The van der Waals surface area contributed by atoms with E-state index in [1.54, 1.807) is 0 Å². The zero-order chi connectivity index (χ0) is 29.7. The van der Waals surface area contributed by atoms with Gasteiger partial charge in [0.15, 0.2) is 17.5 Å². The van der Waals surface area contributed by atoms with Crippen molar-refractivity contribution in [2.75, 3.05) is 0 Å². The van der Waals surface area contributed by atoms with Crippen LogP contribution in [-0.4, -0.2) is 26.0 Å². The number of aromatic nitrogens is 4. The fraction of sp³-hybridized carbons (Fsp3) is 0.0500. The number of ether oxygens (including phenoxy) is 1. The standard InChI is InChI=1S/C40H26N4O/c1-3-10-25(11-4-1)31-22-33(37-32-21-29-16-9-19-41-34(29)24-35(32)45-36(37)23-31)40-43-38(27-13-5-2-6-14-27)42-39(44-40)30-18-17-26-12-7-8-15-28(26)20-30/h1-24,32,35H. The molecule has 3 heterocycles. The molecule has 0 N–H and O–H groups in total. The van der Waals surface area contributed by atoms with Gasteiger partial charge in [-0.1, -0.05) is 109 Å². The van der Waals surface area contributed by atoms with Crippen LogP contribution in [0.2, 0.25) is 0 Å². The SMILES string of the molecule is C1=c2cccnc2=CC2Oc3cc(-c4ccccc4)cc(-c4nc(-c5ccccc5)nc(-c5ccc6ccccc6c5)n4)c3C12. The summed E-state index contributed by atoms with van der Waals surface area (Å²) in [6, 6.07) is 43.7. The van der Waals surface area contributed by atoms with Gasteiger partial charge < -0.3 is 4.74 Å². The van der Waals surface area contributed by atoms with E-state index in [-0.39, 0.29) is 12.0 Å². The van der Waals surface area contributed by atoms with E-state index in [0.717, 1.165) is 55.1 Å². The molecule has 2 aliphatic rings. The molecule has 0 saturated carbocycles. The van der Waals surface area contributed by atoms with Crippen molar-refractivity contribution in [3.05, 3.63) is 150 Å². The first-order valence-electron chi connectivity index (χ1n) is 15.1. The van der Waals surface area contributed by atoms with Crippen LogP contribution in [-0.2, 0) is 0 Å². The summed E-state index contributed by atoms with van der Waals surface area (Å²) in [5.41, 5.74) is 6.05. The Hall–Kier alpha value is -5.94. The Balaban J connectivity index is 1.30. The van der Waals surface area contributed by atoms with Crippen molar-refractivity contribution in [3.63, 3.8) is 0 Å². The van der Waals surface area contributed by atoms with Crippen LogP contribution in [0, 0.1) is 0 Å². The second kappa shape index (κ2) is 10.4. The van der Waals surface area contributed by atoms with Crippen LogP contribution in [0.1, 0.15) is 11.5 Å². The highest BCUT2D eigenvalue weighted by molar-refractivity contribution is 5.87. The van der Waals surface area contributed by atoms with E-state index in [9.17, 15) is 0 Å². The lowest BCUT2D eigenvalue weighted by molar-refractivity contribution is 0.288. The smallest absolute Gasteiger partial charge is 0.164 e. The zero-order valence-corrected chi connectivity index (χ0v) is 24.2. The molecule has 0 amide bonds. The highest BCUT2D eigenvalue weighted by Gasteiger charge is 2.37. The average Bonchev–Trinajstić information content (AvgIpc) is 3.47. The summed E-state index contributed by atoms with van der Waals surface area (Å²) in [5.74, 6) is 2.73. The van der Waals surface area contributed by atoms with Gasteiger partial charge in [0.2, 0.25) is 0 Å². The van der Waals surface area contributed by atoms with Crippen LogP contribution in [0.25, 0.3) is 68.2 Å². The molecule has 0 radical (unpaired) electrons. The number of benzene rings is 5. The summed E-state index contributed by atoms with van der Waals surface area (Å²) in [7, 11) is 0. The molecule has 9 rings (SSSR count). The Bertz CT molecular complexity index is 2370. The van der Waals surface area contributed by atoms with E-state index in [1.807, 2.05) is 48.7 Å². The minimum Gasteiger partial charge on any atom is -0.485 e. The molecule has 45 heavy (non-hydrogen) atoms. The lowest BCUT2D eigenvalue weighted by Gasteiger charge is -2.17. The van der Waals surface area contributed by atoms with Crippen molar-refractivity contribution in [2.45, 2.75) is 12.0 Å². The van der Waals surface area contributed by atoms with Gasteiger partial charge in [-0.2, -0.15) is 0 Å². The molecular formula is C40H26N4O. The fourth-order valence-electron chi connectivity index (χ4n) is 6.48. The van der Waals surface area contributed by atoms with Crippen molar-refractivity contribution >= 4 is 22.9 Å². The molecule has 2 unspecified atom stereocenters. The Morgan fingerprint density at radius 2 is 1.22 bits per heavy atom. The quantitative estimate of drug-likeness (QED) is 0.221. The molecule has 2 aromatic heterocycles. The van der Waals surface area contributed by atoms with Gasteiger partial charge in [0.1, 0.15) is 11.9 Å². The third-order valence-electron chi connectivity index (χ3n) is 8.67. The number of nitrogens with zero attached hydrogens (tertiary/aromatic N) is 4. The van der Waals surface area contributed by atoms with Crippen LogP contribution in [0.5, 0.6) is 5.75 Å². The third kappa shape index (κ3) is 4.48. The second-order valence-electron chi connectivity index (χ2n) is 11.5. The van der Waals surface area contributed by atoms with Gasteiger partial charge in [-0.3, -0.25) is 4.98 Å². The van der Waals surface area contributed by atoms with Gasteiger partial charge in [-0.25, -0.2) is 15.0 Å². The molecule has 5 aromatic carbocycles. The number of hydrogen-bond donors (Lipinski definition) is 0. The van der Waals surface area contributed by atoms with Crippen LogP contribution < -0.4 is 15.3 Å². The second-order valence-corrected chi connectivity index (χ2v) is 11.5. The van der Waals surface area contributed by atoms with Crippen LogP contribution in [0.3, 0.4) is 0 Å². The van der Waals surface area contributed by atoms with Crippen molar-refractivity contribution in [3.8, 4) is 51.0 Å². The van der Waals surface area contributed by atoms with Crippen LogP contribution in [0.4, 0.5) is 0 Å². The average molecular weight is 579 g/mol. The van der Waals surface area contributed by atoms with Gasteiger partial charge >= 0.3 is 0 Å². The molecule has 0 saturated heterocycles. The van der Waals surface area contributed by atoms with E-state index in [4.69, 9.17) is 19.7 Å². The summed E-state index contributed by atoms with van der Waals surface area (Å²) < 4.78 is 6.67. The number of rotatable bonds is 4. The molecule has 0 spiro atoms. The van der Waals surface area contributed by atoms with Crippen LogP contribution >= 0.6 is 0 Å². The molecule has 7 aromatic rings. The van der Waals surface area contributed by atoms with Gasteiger partial charge in [-0.15, -0.1) is 0 Å². The normalized spacial score (nSPS) is 16.1. The summed E-state index contributed by atoms with van der Waals surface area (Å²) in [6.45, 7) is 0. The first-order valence-corrected chi connectivity index (χ1v) is 15.1. The van der Waals surface area contributed by atoms with E-state index in [0.29, 0.717) is 17.5 Å². The maximum Gasteiger partial charge on any atom is 0.164 e. The number of fused-ring (bicyclic) bond motifs is 5. The topological polar surface area (TPSA) is 60.8 Å². The third-order valence-corrected chi connectivity index (χ3v) is 8.67. The Kier molecular flexibility index (Phi) is 5.88. The Morgan fingerprint density at radius 1 is 0.511 bits per heavy atom. The van der Waals surface area contributed by atoms with E-state index in [2.05, 4.69) is 102 Å². The van der Waals surface area contributed by atoms with Crippen molar-refractivity contribution < 1.29 is 4.74 Å². The van der Waals surface area contributed by atoms with Gasteiger partial charge in [0.25, 0.3) is 0 Å². The fourth-order valence-corrected chi connectivity index (χ4v) is 6.48. The lowest BCUT2D eigenvalue weighted by atomic mass is 9.86.